The minimum atomic E-state index is -0.402. The second-order valence-electron chi connectivity index (χ2n) is 13.9. The van der Waals surface area contributed by atoms with Crippen molar-refractivity contribution in [3.05, 3.63) is 0 Å². The van der Waals surface area contributed by atoms with E-state index in [1.54, 1.807) is 48.7 Å². The van der Waals surface area contributed by atoms with Crippen molar-refractivity contribution < 1.29 is 37.7 Å². The van der Waals surface area contributed by atoms with Gasteiger partial charge in [0.15, 0.2) is 0 Å². The van der Waals surface area contributed by atoms with Crippen LogP contribution < -0.4 is 37.7 Å². The van der Waals surface area contributed by atoms with E-state index in [9.17, 15) is 0 Å². The van der Waals surface area contributed by atoms with Crippen LogP contribution in [0.15, 0.2) is 0 Å². The van der Waals surface area contributed by atoms with E-state index < -0.39 is 10.0 Å². The molecule has 0 aliphatic heterocycles. The molecular formula is C40H84Li2S. The maximum absolute atomic E-state index is 2.34. The largest absolute Gasteiger partial charge is 1.00 e. The molecule has 0 aliphatic carbocycles. The zero-order valence-corrected chi connectivity index (χ0v) is 32.7. The number of rotatable bonds is 36. The smallest absolute Gasteiger partial charge is 0.733 e. The van der Waals surface area contributed by atoms with Gasteiger partial charge in [0.2, 0.25) is 0 Å². The Morgan fingerprint density at radius 2 is 0.349 bits per heavy atom. The molecule has 0 heterocycles. The number of hydrogen-bond acceptors (Lipinski definition) is 0. The van der Waals surface area contributed by atoms with Crippen LogP contribution in [0.3, 0.4) is 0 Å². The van der Waals surface area contributed by atoms with E-state index in [4.69, 9.17) is 0 Å². The van der Waals surface area contributed by atoms with Gasteiger partial charge in [0.1, 0.15) is 0 Å². The Hall–Kier alpha value is 1.54. The third-order valence-corrected chi connectivity index (χ3v) is 14.3. The topological polar surface area (TPSA) is 0 Å². The van der Waals surface area contributed by atoms with E-state index >= 15 is 0 Å². The maximum atomic E-state index is 2.34. The van der Waals surface area contributed by atoms with E-state index in [0.717, 1.165) is 0 Å². The first kappa shape index (κ1) is 48.9. The summed E-state index contributed by atoms with van der Waals surface area (Å²) in [6, 6.07) is 0. The van der Waals surface area contributed by atoms with E-state index in [1.807, 2.05) is 0 Å². The van der Waals surface area contributed by atoms with Crippen LogP contribution in [-0.4, -0.2) is 23.0 Å². The molecule has 0 nitrogen and oxygen atoms in total. The summed E-state index contributed by atoms with van der Waals surface area (Å²) < 4.78 is 0. The van der Waals surface area contributed by atoms with Crippen molar-refractivity contribution in [1.82, 2.24) is 0 Å². The second kappa shape index (κ2) is 41.6. The Balaban J connectivity index is -0.00000800. The number of hydrogen-bond donors (Lipinski definition) is 0. The molecule has 0 saturated heterocycles. The molecule has 252 valence electrons. The Morgan fingerprint density at radius 3 is 0.512 bits per heavy atom. The molecule has 0 aliphatic rings. The first-order valence-electron chi connectivity index (χ1n) is 20.0. The van der Waals surface area contributed by atoms with Crippen molar-refractivity contribution >= 4 is 10.0 Å². The molecular weight excluding hydrogens is 526 g/mol. The quantitative estimate of drug-likeness (QED) is 0.0492. The van der Waals surface area contributed by atoms with Gasteiger partial charge in [-0.2, -0.15) is 0 Å². The van der Waals surface area contributed by atoms with E-state index in [-0.39, 0.29) is 37.7 Å². The van der Waals surface area contributed by atoms with E-state index in [1.165, 1.54) is 180 Å². The molecule has 0 atom stereocenters. The van der Waals surface area contributed by atoms with Crippen molar-refractivity contribution in [1.29, 1.82) is 0 Å². The molecule has 0 rings (SSSR count). The maximum Gasteiger partial charge on any atom is 1.00 e. The summed E-state index contributed by atoms with van der Waals surface area (Å²) in [6.07, 6.45) is 47.4. The zero-order valence-electron chi connectivity index (χ0n) is 31.9. The van der Waals surface area contributed by atoms with Crippen molar-refractivity contribution in [2.45, 2.75) is 233 Å². The van der Waals surface area contributed by atoms with E-state index in [0.29, 0.717) is 0 Å². The first-order valence-corrected chi connectivity index (χ1v) is 22.3. The molecule has 0 spiro atoms. The normalized spacial score (nSPS) is 11.8. The average Bonchev–Trinajstić information content (AvgIpc) is 2.98. The number of unbranched alkanes of at least 4 members (excludes halogenated alkanes) is 28. The third-order valence-electron chi connectivity index (χ3n) is 9.72. The molecule has 0 fully saturated rings. The van der Waals surface area contributed by atoms with Crippen LogP contribution in [-0.2, 0) is 10.0 Å². The van der Waals surface area contributed by atoms with Gasteiger partial charge in [-0.25, -0.2) is 23.0 Å². The average molecular weight is 611 g/mol. The summed E-state index contributed by atoms with van der Waals surface area (Å²) in [4.78, 5) is 0. The van der Waals surface area contributed by atoms with Crippen LogP contribution in [0, 0.1) is 0 Å². The van der Waals surface area contributed by atoms with E-state index in [2.05, 4.69) is 27.7 Å². The van der Waals surface area contributed by atoms with Crippen LogP contribution in [0.5, 0.6) is 0 Å². The Kier molecular flexibility index (Phi) is 47.3. The minimum absolute atomic E-state index is 0. The monoisotopic (exact) mass is 611 g/mol. The predicted octanol–water partition coefficient (Wildman–Crippen LogP) is 8.71. The van der Waals surface area contributed by atoms with Crippen LogP contribution in [0.4, 0.5) is 0 Å². The third kappa shape index (κ3) is 36.2. The molecule has 0 amide bonds. The van der Waals surface area contributed by atoms with Crippen molar-refractivity contribution in [2.75, 3.05) is 23.0 Å². The minimum Gasteiger partial charge on any atom is -0.733 e. The summed E-state index contributed by atoms with van der Waals surface area (Å²) in [5, 5.41) is 0. The van der Waals surface area contributed by atoms with Crippen LogP contribution in [0.2, 0.25) is 0 Å². The fourth-order valence-electron chi connectivity index (χ4n) is 6.78. The van der Waals surface area contributed by atoms with Crippen molar-refractivity contribution in [3.63, 3.8) is 0 Å². The fourth-order valence-corrected chi connectivity index (χ4v) is 11.3. The van der Waals surface area contributed by atoms with Gasteiger partial charge in [-0.05, 0) is 0 Å². The van der Waals surface area contributed by atoms with Gasteiger partial charge in [-0.3, -0.25) is 0 Å². The van der Waals surface area contributed by atoms with Gasteiger partial charge >= 0.3 is 37.7 Å². The SMILES string of the molecule is CCCCCCCCCC[S-2](CCCCCCCCCC)(CCCCCCCCCC)CCCCCCCCCC.[Li+].[Li+]. The van der Waals surface area contributed by atoms with Gasteiger partial charge in [0.25, 0.3) is 0 Å². The molecule has 0 aromatic heterocycles. The standard InChI is InChI=1S/C40H84S.2Li/c1-5-9-13-17-21-25-29-33-37-41(38-34-30-26-22-18-14-10-6-2,39-35-31-27-23-19-15-11-7-3)40-36-32-28-24-20-16-12-8-4;;/h5-40H2,1-4H3;;/q-2;2*+1. The first-order chi connectivity index (χ1) is 20.2. The van der Waals surface area contributed by atoms with Crippen LogP contribution in [0.25, 0.3) is 0 Å². The van der Waals surface area contributed by atoms with Gasteiger partial charge in [-0.15, -0.1) is 0 Å². The Morgan fingerprint density at radius 1 is 0.209 bits per heavy atom. The molecule has 0 saturated carbocycles. The fraction of sp³-hybridized carbons (Fsp3) is 1.00. The van der Waals surface area contributed by atoms with Gasteiger partial charge in [0.05, 0.1) is 0 Å². The summed E-state index contributed by atoms with van der Waals surface area (Å²) in [5.74, 6) is 6.52. The molecule has 0 unspecified atom stereocenters. The summed E-state index contributed by atoms with van der Waals surface area (Å²) in [7, 11) is -0.402. The Labute approximate surface area is 302 Å². The molecule has 0 N–H and O–H groups in total. The van der Waals surface area contributed by atoms with Gasteiger partial charge < -0.3 is 10.0 Å². The zero-order chi connectivity index (χ0) is 30.0. The summed E-state index contributed by atoms with van der Waals surface area (Å²) >= 11 is 0. The van der Waals surface area contributed by atoms with Crippen LogP contribution in [0.1, 0.15) is 233 Å². The molecule has 0 bridgehead atoms. The molecule has 43 heavy (non-hydrogen) atoms. The molecule has 3 heteroatoms. The molecule has 0 aromatic rings. The molecule has 0 radical (unpaired) electrons. The van der Waals surface area contributed by atoms with Crippen molar-refractivity contribution in [2.24, 2.45) is 0 Å². The Bertz CT molecular complexity index is 384. The second-order valence-corrected chi connectivity index (χ2v) is 18.0. The summed E-state index contributed by atoms with van der Waals surface area (Å²) in [6.45, 7) is 9.36. The van der Waals surface area contributed by atoms with Gasteiger partial charge in [-0.1, -0.05) is 233 Å². The van der Waals surface area contributed by atoms with Crippen LogP contribution >= 0.6 is 0 Å². The predicted molar refractivity (Wildman–Crippen MR) is 197 cm³/mol. The van der Waals surface area contributed by atoms with Gasteiger partial charge in [0, 0.05) is 0 Å². The van der Waals surface area contributed by atoms with Crippen molar-refractivity contribution in [3.8, 4) is 0 Å². The summed E-state index contributed by atoms with van der Waals surface area (Å²) in [5.41, 5.74) is 0. The molecule has 0 aromatic carbocycles.